The zero-order valence-electron chi connectivity index (χ0n) is 17.9. The van der Waals surface area contributed by atoms with Gasteiger partial charge in [0.05, 0.1) is 17.9 Å². The third kappa shape index (κ3) is 4.17. The molecule has 0 radical (unpaired) electrons. The number of hydrogen-bond donors (Lipinski definition) is 1. The second kappa shape index (κ2) is 8.82. The molecule has 2 aromatic carbocycles. The van der Waals surface area contributed by atoms with Crippen LogP contribution in [0.15, 0.2) is 24.3 Å². The molecular weight excluding hydrogens is 423 g/mol. The lowest BCUT2D eigenvalue weighted by Gasteiger charge is -2.40. The molecule has 0 saturated carbocycles. The van der Waals surface area contributed by atoms with E-state index >= 15 is 0 Å². The highest BCUT2D eigenvalue weighted by molar-refractivity contribution is 5.93. The number of fused-ring (bicyclic) bond motifs is 1. The fourth-order valence-corrected chi connectivity index (χ4v) is 4.32. The van der Waals surface area contributed by atoms with Crippen molar-refractivity contribution >= 4 is 23.4 Å². The van der Waals surface area contributed by atoms with Crippen LogP contribution in [-0.4, -0.2) is 42.6 Å². The van der Waals surface area contributed by atoms with Gasteiger partial charge < -0.3 is 10.1 Å². The molecule has 1 N–H and O–H groups in total. The molecule has 170 valence electrons. The van der Waals surface area contributed by atoms with Crippen molar-refractivity contribution in [2.45, 2.75) is 39.3 Å². The van der Waals surface area contributed by atoms with E-state index in [1.54, 1.807) is 4.90 Å². The predicted molar refractivity (Wildman–Crippen MR) is 113 cm³/mol. The number of anilines is 2. The van der Waals surface area contributed by atoms with Gasteiger partial charge in [-0.2, -0.15) is 0 Å². The first-order valence-corrected chi connectivity index (χ1v) is 10.5. The molecule has 2 aliphatic rings. The monoisotopic (exact) mass is 447 g/mol. The summed E-state index contributed by atoms with van der Waals surface area (Å²) < 4.78 is 46.8. The van der Waals surface area contributed by atoms with Crippen LogP contribution in [0.5, 0.6) is 0 Å². The summed E-state index contributed by atoms with van der Waals surface area (Å²) in [6.45, 7) is 4.34. The number of ether oxygens (including phenoxy) is 1. The van der Waals surface area contributed by atoms with Crippen molar-refractivity contribution in [3.63, 3.8) is 0 Å². The van der Waals surface area contributed by atoms with Crippen LogP contribution in [0.4, 0.5) is 29.3 Å². The molecule has 2 aliphatic heterocycles. The molecule has 0 aromatic heterocycles. The van der Waals surface area contributed by atoms with E-state index in [0.29, 0.717) is 25.9 Å². The van der Waals surface area contributed by atoms with Crippen LogP contribution < -0.4 is 10.2 Å². The Morgan fingerprint density at radius 2 is 1.88 bits per heavy atom. The molecule has 4 rings (SSSR count). The summed E-state index contributed by atoms with van der Waals surface area (Å²) >= 11 is 0. The minimum Gasteiger partial charge on any atom is -0.444 e. The topological polar surface area (TPSA) is 61.9 Å². The Kier molecular flexibility index (Phi) is 6.10. The number of carbonyl (C=O) groups is 2. The van der Waals surface area contributed by atoms with Crippen molar-refractivity contribution in [3.8, 4) is 0 Å². The lowest BCUT2D eigenvalue weighted by molar-refractivity contribution is -0.117. The summed E-state index contributed by atoms with van der Waals surface area (Å²) in [6.07, 6.45) is 0.873. The summed E-state index contributed by atoms with van der Waals surface area (Å²) in [4.78, 5) is 28.4. The van der Waals surface area contributed by atoms with Gasteiger partial charge in [-0.25, -0.2) is 18.0 Å². The Hall–Kier alpha value is -3.07. The van der Waals surface area contributed by atoms with Gasteiger partial charge in [0.1, 0.15) is 12.4 Å². The molecule has 1 saturated heterocycles. The average molecular weight is 447 g/mol. The maximum atomic E-state index is 14.0. The number of likely N-dealkylation sites (tertiary alicyclic amines) is 1. The van der Waals surface area contributed by atoms with Crippen LogP contribution in [-0.2, 0) is 16.1 Å². The van der Waals surface area contributed by atoms with Crippen molar-refractivity contribution in [3.05, 3.63) is 58.4 Å². The number of hydrogen-bond acceptors (Lipinski definition) is 4. The maximum absolute atomic E-state index is 14.0. The highest BCUT2D eigenvalue weighted by atomic mass is 19.2. The standard InChI is InChI=1S/C23H24F3N3O3/c1-13-4-3-5-15-12-32-23(31)29(22(13)15)16-6-8-28(9-7-16)11-19(30)27-18-10-17(24)14(2)20(25)21(18)26/h3-5,10,16H,6-9,11-12H2,1-2H3,(H,27,30). The zero-order valence-corrected chi connectivity index (χ0v) is 17.9. The number of piperidine rings is 1. The van der Waals surface area contributed by atoms with Crippen molar-refractivity contribution in [1.29, 1.82) is 0 Å². The van der Waals surface area contributed by atoms with Crippen LogP contribution in [0.25, 0.3) is 0 Å². The summed E-state index contributed by atoms with van der Waals surface area (Å²) in [6, 6.07) is 6.54. The maximum Gasteiger partial charge on any atom is 0.414 e. The van der Waals surface area contributed by atoms with Crippen LogP contribution >= 0.6 is 0 Å². The Labute approximate surface area is 183 Å². The molecule has 1 fully saturated rings. The first-order valence-electron chi connectivity index (χ1n) is 10.5. The Bertz CT molecular complexity index is 1070. The SMILES string of the molecule is Cc1cccc2c1N(C1CCN(CC(=O)Nc3cc(F)c(C)c(F)c3F)CC1)C(=O)OC2. The van der Waals surface area contributed by atoms with Gasteiger partial charge in [-0.05, 0) is 32.3 Å². The first-order chi connectivity index (χ1) is 15.3. The smallest absolute Gasteiger partial charge is 0.414 e. The van der Waals surface area contributed by atoms with Gasteiger partial charge in [-0.3, -0.25) is 14.6 Å². The van der Waals surface area contributed by atoms with E-state index in [9.17, 15) is 22.8 Å². The van der Waals surface area contributed by atoms with Crippen LogP contribution in [0.3, 0.4) is 0 Å². The lowest BCUT2D eigenvalue weighted by Crippen LogP contribution is -2.50. The fourth-order valence-electron chi connectivity index (χ4n) is 4.32. The van der Waals surface area contributed by atoms with E-state index in [4.69, 9.17) is 4.74 Å². The molecule has 9 heteroatoms. The third-order valence-corrected chi connectivity index (χ3v) is 6.06. The number of rotatable bonds is 4. The second-order valence-corrected chi connectivity index (χ2v) is 8.22. The van der Waals surface area contributed by atoms with Gasteiger partial charge in [-0.1, -0.05) is 18.2 Å². The van der Waals surface area contributed by atoms with E-state index in [2.05, 4.69) is 5.32 Å². The summed E-state index contributed by atoms with van der Waals surface area (Å²) in [5, 5.41) is 2.25. The molecule has 0 unspecified atom stereocenters. The van der Waals surface area contributed by atoms with Gasteiger partial charge in [0.2, 0.25) is 5.91 Å². The van der Waals surface area contributed by atoms with Crippen LogP contribution in [0.2, 0.25) is 0 Å². The molecule has 6 nitrogen and oxygen atoms in total. The summed E-state index contributed by atoms with van der Waals surface area (Å²) in [7, 11) is 0. The quantitative estimate of drug-likeness (QED) is 0.711. The lowest BCUT2D eigenvalue weighted by atomic mass is 9.99. The Balaban J connectivity index is 1.38. The average Bonchev–Trinajstić information content (AvgIpc) is 2.77. The Morgan fingerprint density at radius 1 is 1.16 bits per heavy atom. The van der Waals surface area contributed by atoms with Crippen LogP contribution in [0, 0.1) is 31.3 Å². The molecule has 0 spiro atoms. The van der Waals surface area contributed by atoms with Crippen molar-refractivity contribution in [1.82, 2.24) is 4.90 Å². The minimum atomic E-state index is -1.31. The highest BCUT2D eigenvalue weighted by Gasteiger charge is 2.35. The number of amides is 2. The van der Waals surface area contributed by atoms with Gasteiger partial charge >= 0.3 is 6.09 Å². The fraction of sp³-hybridized carbons (Fsp3) is 0.391. The molecule has 2 amide bonds. The van der Waals surface area contributed by atoms with E-state index < -0.39 is 34.6 Å². The van der Waals surface area contributed by atoms with E-state index in [0.717, 1.165) is 29.8 Å². The van der Waals surface area contributed by atoms with E-state index in [-0.39, 0.29) is 25.3 Å². The normalized spacial score (nSPS) is 17.2. The van der Waals surface area contributed by atoms with Gasteiger partial charge in [-0.15, -0.1) is 0 Å². The number of benzene rings is 2. The van der Waals surface area contributed by atoms with Gasteiger partial charge in [0, 0.05) is 36.3 Å². The highest BCUT2D eigenvalue weighted by Crippen LogP contribution is 2.34. The molecular formula is C23H24F3N3O3. The van der Waals surface area contributed by atoms with Gasteiger partial charge in [0.15, 0.2) is 11.6 Å². The minimum absolute atomic E-state index is 0.0522. The van der Waals surface area contributed by atoms with Gasteiger partial charge in [0.25, 0.3) is 0 Å². The first kappa shape index (κ1) is 22.1. The molecule has 2 heterocycles. The molecule has 0 aliphatic carbocycles. The summed E-state index contributed by atoms with van der Waals surface area (Å²) in [5.41, 5.74) is 1.90. The van der Waals surface area contributed by atoms with E-state index in [1.807, 2.05) is 30.0 Å². The second-order valence-electron chi connectivity index (χ2n) is 8.22. The number of halogens is 3. The number of nitrogens with one attached hydrogen (secondary N) is 1. The predicted octanol–water partition coefficient (Wildman–Crippen LogP) is 4.28. The number of aryl methyl sites for hydroxylation is 1. The van der Waals surface area contributed by atoms with Crippen molar-refractivity contribution in [2.75, 3.05) is 29.9 Å². The van der Waals surface area contributed by atoms with Crippen LogP contribution in [0.1, 0.15) is 29.5 Å². The zero-order chi connectivity index (χ0) is 23.0. The number of carbonyl (C=O) groups excluding carboxylic acids is 2. The largest absolute Gasteiger partial charge is 0.444 e. The van der Waals surface area contributed by atoms with Crippen molar-refractivity contribution < 1.29 is 27.5 Å². The number of cyclic esters (lactones) is 1. The third-order valence-electron chi connectivity index (χ3n) is 6.06. The van der Waals surface area contributed by atoms with E-state index in [1.165, 1.54) is 0 Å². The van der Waals surface area contributed by atoms with Crippen molar-refractivity contribution in [2.24, 2.45) is 0 Å². The molecule has 32 heavy (non-hydrogen) atoms. The number of nitrogens with zero attached hydrogens (tertiary/aromatic N) is 2. The molecule has 0 bridgehead atoms. The summed E-state index contributed by atoms with van der Waals surface area (Å²) in [5.74, 6) is -4.09. The number of para-hydroxylation sites is 1. The molecule has 0 atom stereocenters. The Morgan fingerprint density at radius 3 is 2.59 bits per heavy atom. The molecule has 2 aromatic rings.